The number of carboxylic acid groups (broad SMARTS) is 1. The van der Waals surface area contributed by atoms with Crippen LogP contribution in [0.25, 0.3) is 0 Å². The number of phenolic OH excluding ortho intramolecular Hbond substituents is 1. The summed E-state index contributed by atoms with van der Waals surface area (Å²) in [5.41, 5.74) is 1.87. The van der Waals surface area contributed by atoms with Gasteiger partial charge in [0, 0.05) is 16.2 Å². The van der Waals surface area contributed by atoms with Crippen LogP contribution >= 0.6 is 11.8 Å². The Morgan fingerprint density at radius 3 is 2.09 bits per heavy atom. The number of benzene rings is 1. The monoisotopic (exact) mass is 324 g/mol. The number of thioether (sulfide) groups is 1. The van der Waals surface area contributed by atoms with Gasteiger partial charge in [0.1, 0.15) is 5.75 Å². The van der Waals surface area contributed by atoms with Crippen LogP contribution in [0, 0.1) is 5.92 Å². The van der Waals surface area contributed by atoms with Crippen LogP contribution in [-0.4, -0.2) is 21.9 Å². The minimum atomic E-state index is -0.810. The molecule has 0 amide bonds. The van der Waals surface area contributed by atoms with Gasteiger partial charge in [-0.15, -0.1) is 11.8 Å². The summed E-state index contributed by atoms with van der Waals surface area (Å²) in [6.45, 7) is 14.3. The van der Waals surface area contributed by atoms with E-state index in [1.165, 1.54) is 11.8 Å². The number of carboxylic acids is 1. The fraction of sp³-hybridized carbons (Fsp3) is 0.611. The van der Waals surface area contributed by atoms with Crippen LogP contribution in [-0.2, 0) is 15.6 Å². The Morgan fingerprint density at radius 2 is 1.68 bits per heavy atom. The summed E-state index contributed by atoms with van der Waals surface area (Å²) in [7, 11) is 0. The molecule has 0 saturated heterocycles. The zero-order valence-corrected chi connectivity index (χ0v) is 15.5. The first-order valence-electron chi connectivity index (χ1n) is 7.57. The van der Waals surface area contributed by atoms with E-state index in [0.717, 1.165) is 16.0 Å². The Morgan fingerprint density at radius 1 is 1.14 bits per heavy atom. The molecule has 0 aliphatic carbocycles. The lowest BCUT2D eigenvalue weighted by molar-refractivity contribution is -0.140. The molecule has 0 aliphatic rings. The lowest BCUT2D eigenvalue weighted by Gasteiger charge is -2.27. The SMILES string of the molecule is CC(CSc1cc(C(C)(C)C)cc(C(C)(C)C)c1O)C(=O)O. The molecule has 3 nitrogen and oxygen atoms in total. The first-order chi connectivity index (χ1) is 9.84. The van der Waals surface area contributed by atoms with Crippen molar-refractivity contribution in [3.05, 3.63) is 23.3 Å². The molecule has 1 rings (SSSR count). The summed E-state index contributed by atoms with van der Waals surface area (Å²) >= 11 is 1.41. The maximum Gasteiger partial charge on any atom is 0.307 e. The molecule has 0 heterocycles. The molecular formula is C18H28O3S. The van der Waals surface area contributed by atoms with E-state index in [2.05, 4.69) is 47.6 Å². The summed E-state index contributed by atoms with van der Waals surface area (Å²) < 4.78 is 0. The van der Waals surface area contributed by atoms with E-state index in [9.17, 15) is 9.90 Å². The predicted molar refractivity (Wildman–Crippen MR) is 93.0 cm³/mol. The second kappa shape index (κ2) is 6.53. The van der Waals surface area contributed by atoms with Crippen molar-refractivity contribution in [1.82, 2.24) is 0 Å². The van der Waals surface area contributed by atoms with Crippen molar-refractivity contribution in [2.45, 2.75) is 64.2 Å². The maximum atomic E-state index is 11.0. The minimum absolute atomic E-state index is 0.0264. The van der Waals surface area contributed by atoms with Gasteiger partial charge in [0.15, 0.2) is 0 Å². The molecule has 0 fully saturated rings. The number of aliphatic carboxylic acids is 1. The second-order valence-electron chi connectivity index (χ2n) is 7.92. The Hall–Kier alpha value is -1.16. The van der Waals surface area contributed by atoms with Gasteiger partial charge < -0.3 is 10.2 Å². The van der Waals surface area contributed by atoms with Gasteiger partial charge in [-0.3, -0.25) is 4.79 Å². The molecule has 124 valence electrons. The Bertz CT molecular complexity index is 551. The Labute approximate surface area is 138 Å². The number of aromatic hydroxyl groups is 1. The molecule has 0 aromatic heterocycles. The van der Waals surface area contributed by atoms with Gasteiger partial charge in [-0.2, -0.15) is 0 Å². The average Bonchev–Trinajstić information content (AvgIpc) is 2.33. The minimum Gasteiger partial charge on any atom is -0.506 e. The molecule has 0 aliphatic heterocycles. The number of hydrogen-bond donors (Lipinski definition) is 2. The van der Waals surface area contributed by atoms with Crippen molar-refractivity contribution in [2.24, 2.45) is 5.92 Å². The van der Waals surface area contributed by atoms with Crippen molar-refractivity contribution in [3.63, 3.8) is 0 Å². The van der Waals surface area contributed by atoms with Gasteiger partial charge >= 0.3 is 5.97 Å². The topological polar surface area (TPSA) is 57.5 Å². The van der Waals surface area contributed by atoms with Crippen LogP contribution in [0.5, 0.6) is 5.75 Å². The fourth-order valence-corrected chi connectivity index (χ4v) is 3.04. The van der Waals surface area contributed by atoms with Gasteiger partial charge in [-0.1, -0.05) is 54.5 Å². The third-order valence-electron chi connectivity index (χ3n) is 3.66. The van der Waals surface area contributed by atoms with Crippen molar-refractivity contribution in [2.75, 3.05) is 5.75 Å². The lowest BCUT2D eigenvalue weighted by atomic mass is 9.80. The highest BCUT2D eigenvalue weighted by molar-refractivity contribution is 7.99. The molecule has 0 radical (unpaired) electrons. The molecule has 1 unspecified atom stereocenters. The zero-order valence-electron chi connectivity index (χ0n) is 14.7. The van der Waals surface area contributed by atoms with Gasteiger partial charge in [-0.25, -0.2) is 0 Å². The summed E-state index contributed by atoms with van der Waals surface area (Å²) in [5, 5.41) is 19.6. The van der Waals surface area contributed by atoms with Crippen molar-refractivity contribution in [3.8, 4) is 5.75 Å². The largest absolute Gasteiger partial charge is 0.506 e. The second-order valence-corrected chi connectivity index (χ2v) is 8.98. The molecule has 0 saturated carbocycles. The third kappa shape index (κ3) is 4.67. The van der Waals surface area contributed by atoms with Crippen LogP contribution in [0.2, 0.25) is 0 Å². The summed E-state index contributed by atoms with van der Waals surface area (Å²) in [6.07, 6.45) is 0. The van der Waals surface area contributed by atoms with Gasteiger partial charge in [-0.05, 0) is 22.5 Å². The average molecular weight is 324 g/mol. The summed E-state index contributed by atoms with van der Waals surface area (Å²) in [4.78, 5) is 11.8. The summed E-state index contributed by atoms with van der Waals surface area (Å²) in [6, 6.07) is 4.06. The highest BCUT2D eigenvalue weighted by atomic mass is 32.2. The third-order valence-corrected chi connectivity index (χ3v) is 4.95. The van der Waals surface area contributed by atoms with Gasteiger partial charge in [0.25, 0.3) is 0 Å². The van der Waals surface area contributed by atoms with Gasteiger partial charge in [0.05, 0.1) is 5.92 Å². The van der Waals surface area contributed by atoms with Crippen LogP contribution in [0.3, 0.4) is 0 Å². The molecule has 0 bridgehead atoms. The van der Waals surface area contributed by atoms with E-state index in [-0.39, 0.29) is 16.6 Å². The van der Waals surface area contributed by atoms with Crippen molar-refractivity contribution >= 4 is 17.7 Å². The normalized spacial score (nSPS) is 14.0. The number of phenols is 1. The number of carbonyl (C=O) groups is 1. The fourth-order valence-electron chi connectivity index (χ4n) is 2.01. The molecule has 1 aromatic rings. The molecule has 0 spiro atoms. The first-order valence-corrected chi connectivity index (χ1v) is 8.56. The number of rotatable bonds is 4. The molecule has 2 N–H and O–H groups in total. The van der Waals surface area contributed by atoms with Gasteiger partial charge in [0.2, 0.25) is 0 Å². The molecule has 22 heavy (non-hydrogen) atoms. The van der Waals surface area contributed by atoms with Crippen LogP contribution < -0.4 is 0 Å². The van der Waals surface area contributed by atoms with Crippen LogP contribution in [0.4, 0.5) is 0 Å². The summed E-state index contributed by atoms with van der Waals surface area (Å²) in [5.74, 6) is -0.529. The molecule has 1 atom stereocenters. The van der Waals surface area contributed by atoms with E-state index in [1.54, 1.807) is 6.92 Å². The molecule has 4 heteroatoms. The van der Waals surface area contributed by atoms with E-state index in [1.807, 2.05) is 6.07 Å². The van der Waals surface area contributed by atoms with Crippen LogP contribution in [0.1, 0.15) is 59.6 Å². The van der Waals surface area contributed by atoms with Crippen molar-refractivity contribution < 1.29 is 15.0 Å². The highest BCUT2D eigenvalue weighted by Crippen LogP contribution is 2.42. The Kier molecular flexibility index (Phi) is 5.61. The Balaban J connectivity index is 3.28. The zero-order chi connectivity index (χ0) is 17.3. The highest BCUT2D eigenvalue weighted by Gasteiger charge is 2.25. The quantitative estimate of drug-likeness (QED) is 0.781. The van der Waals surface area contributed by atoms with E-state index >= 15 is 0 Å². The van der Waals surface area contributed by atoms with E-state index in [0.29, 0.717) is 5.75 Å². The van der Waals surface area contributed by atoms with Crippen LogP contribution in [0.15, 0.2) is 17.0 Å². The van der Waals surface area contributed by atoms with Crippen molar-refractivity contribution in [1.29, 1.82) is 0 Å². The standard InChI is InChI=1S/C18H28O3S/c1-11(16(20)21)10-22-14-9-12(17(2,3)4)8-13(15(14)19)18(5,6)7/h8-9,11,19H,10H2,1-7H3,(H,20,21). The predicted octanol–water partition coefficient (Wildman–Crippen LogP) is 4.80. The first kappa shape index (κ1) is 18.9. The van der Waals surface area contributed by atoms with E-state index in [4.69, 9.17) is 5.11 Å². The maximum absolute atomic E-state index is 11.0. The van der Waals surface area contributed by atoms with E-state index < -0.39 is 11.9 Å². The molecule has 1 aromatic carbocycles. The molecular weight excluding hydrogens is 296 g/mol. The lowest BCUT2D eigenvalue weighted by Crippen LogP contribution is -2.17. The number of hydrogen-bond acceptors (Lipinski definition) is 3. The smallest absolute Gasteiger partial charge is 0.307 e.